The van der Waals surface area contributed by atoms with Crippen molar-refractivity contribution in [3.8, 4) is 0 Å². The minimum Gasteiger partial charge on any atom is -0.354 e. The molecule has 0 aliphatic heterocycles. The van der Waals surface area contributed by atoms with Crippen LogP contribution in [-0.4, -0.2) is 39.4 Å². The monoisotopic (exact) mass is 528 g/mol. The van der Waals surface area contributed by atoms with Gasteiger partial charge in [0.05, 0.1) is 10.6 Å². The van der Waals surface area contributed by atoms with E-state index >= 15 is 0 Å². The summed E-state index contributed by atoms with van der Waals surface area (Å²) in [6, 6.07) is 22.3. The fraction of sp³-hybridized carbons (Fsp3) is 0.296. The predicted molar refractivity (Wildman–Crippen MR) is 149 cm³/mol. The molecule has 0 bridgehead atoms. The molecule has 186 valence electrons. The van der Waals surface area contributed by atoms with Crippen molar-refractivity contribution in [3.05, 3.63) is 89.5 Å². The zero-order valence-corrected chi connectivity index (χ0v) is 22.8. The molecular weight excluding hydrogens is 497 g/mol. The van der Waals surface area contributed by atoms with E-state index in [2.05, 4.69) is 36.5 Å². The molecule has 0 aliphatic carbocycles. The quantitative estimate of drug-likeness (QED) is 0.243. The van der Waals surface area contributed by atoms with Crippen LogP contribution in [0.5, 0.6) is 0 Å². The normalized spacial score (nSPS) is 11.3. The van der Waals surface area contributed by atoms with E-state index in [0.717, 1.165) is 28.4 Å². The third kappa shape index (κ3) is 8.05. The lowest BCUT2D eigenvalue weighted by Gasteiger charge is -2.24. The molecule has 0 unspecified atom stereocenters. The molecule has 0 heterocycles. The van der Waals surface area contributed by atoms with Crippen LogP contribution >= 0.6 is 23.5 Å². The van der Waals surface area contributed by atoms with E-state index in [4.69, 9.17) is 0 Å². The fourth-order valence-electron chi connectivity index (χ4n) is 3.48. The lowest BCUT2D eigenvalue weighted by atomic mass is 10.2. The van der Waals surface area contributed by atoms with Gasteiger partial charge in [0.15, 0.2) is 0 Å². The van der Waals surface area contributed by atoms with Crippen LogP contribution in [0.15, 0.2) is 82.6 Å². The van der Waals surface area contributed by atoms with E-state index in [0.29, 0.717) is 12.2 Å². The van der Waals surface area contributed by atoms with Gasteiger partial charge in [0.2, 0.25) is 5.91 Å². The van der Waals surface area contributed by atoms with Crippen molar-refractivity contribution in [2.45, 2.75) is 35.8 Å². The Morgan fingerprint density at radius 2 is 1.66 bits per heavy atom. The SMILES string of the molecule is CSc1ccc(S(=O)(=O)N(CC(=O)NCCCSCc2cccc(C)c2)c2ccc(C)cc2)cc1. The summed E-state index contributed by atoms with van der Waals surface area (Å²) in [6.45, 7) is 4.26. The molecule has 0 saturated carbocycles. The van der Waals surface area contributed by atoms with Gasteiger partial charge in [-0.25, -0.2) is 8.42 Å². The summed E-state index contributed by atoms with van der Waals surface area (Å²) < 4.78 is 28.1. The molecule has 0 spiro atoms. The standard InChI is InChI=1S/C27H32N2O3S3/c1-21-8-10-24(11-9-21)29(35(31,32)26-14-12-25(33-3)13-15-26)19-27(30)28-16-5-17-34-20-23-7-4-6-22(2)18-23/h4,6-15,18H,5,16-17,19-20H2,1-3H3,(H,28,30). The molecule has 3 aromatic carbocycles. The van der Waals surface area contributed by atoms with Crippen LogP contribution in [0.1, 0.15) is 23.1 Å². The first kappa shape index (κ1) is 27.2. The van der Waals surface area contributed by atoms with E-state index in [1.165, 1.54) is 15.4 Å². The van der Waals surface area contributed by atoms with Gasteiger partial charge in [-0.1, -0.05) is 47.5 Å². The Morgan fingerprint density at radius 1 is 0.943 bits per heavy atom. The van der Waals surface area contributed by atoms with Gasteiger partial charge in [-0.3, -0.25) is 9.10 Å². The highest BCUT2D eigenvalue weighted by Gasteiger charge is 2.27. The summed E-state index contributed by atoms with van der Waals surface area (Å²) in [5.74, 6) is 1.53. The van der Waals surface area contributed by atoms with Gasteiger partial charge in [0.25, 0.3) is 10.0 Å². The van der Waals surface area contributed by atoms with E-state index < -0.39 is 10.0 Å². The lowest BCUT2D eigenvalue weighted by Crippen LogP contribution is -2.41. The van der Waals surface area contributed by atoms with Crippen LogP contribution in [-0.2, 0) is 20.6 Å². The van der Waals surface area contributed by atoms with Crippen molar-refractivity contribution >= 4 is 45.1 Å². The number of rotatable bonds is 12. The zero-order chi connectivity index (χ0) is 25.3. The number of amides is 1. The lowest BCUT2D eigenvalue weighted by molar-refractivity contribution is -0.119. The Kier molecular flexibility index (Phi) is 10.1. The Labute approximate surface area is 217 Å². The van der Waals surface area contributed by atoms with Crippen LogP contribution in [0.25, 0.3) is 0 Å². The first-order chi connectivity index (χ1) is 16.8. The smallest absolute Gasteiger partial charge is 0.264 e. The highest BCUT2D eigenvalue weighted by atomic mass is 32.2. The number of anilines is 1. The summed E-state index contributed by atoms with van der Waals surface area (Å²) in [6.07, 6.45) is 2.75. The van der Waals surface area contributed by atoms with Gasteiger partial charge in [0.1, 0.15) is 6.54 Å². The van der Waals surface area contributed by atoms with Crippen molar-refractivity contribution < 1.29 is 13.2 Å². The minimum atomic E-state index is -3.90. The average molecular weight is 529 g/mol. The zero-order valence-electron chi connectivity index (χ0n) is 20.4. The van der Waals surface area contributed by atoms with Gasteiger partial charge in [-0.05, 0) is 74.2 Å². The van der Waals surface area contributed by atoms with Crippen molar-refractivity contribution in [2.24, 2.45) is 0 Å². The van der Waals surface area contributed by atoms with Gasteiger partial charge in [-0.2, -0.15) is 11.8 Å². The van der Waals surface area contributed by atoms with E-state index in [-0.39, 0.29) is 17.3 Å². The summed E-state index contributed by atoms with van der Waals surface area (Å²) >= 11 is 3.37. The topological polar surface area (TPSA) is 66.5 Å². The van der Waals surface area contributed by atoms with E-state index in [1.807, 2.05) is 37.1 Å². The molecule has 0 aromatic heterocycles. The van der Waals surface area contributed by atoms with E-state index in [9.17, 15) is 13.2 Å². The third-order valence-electron chi connectivity index (χ3n) is 5.40. The second-order valence-electron chi connectivity index (χ2n) is 8.27. The van der Waals surface area contributed by atoms with Crippen LogP contribution < -0.4 is 9.62 Å². The molecule has 5 nitrogen and oxygen atoms in total. The highest BCUT2D eigenvalue weighted by molar-refractivity contribution is 7.98. The van der Waals surface area contributed by atoms with Crippen LogP contribution in [0, 0.1) is 13.8 Å². The third-order valence-corrected chi connectivity index (χ3v) is 9.04. The Balaban J connectivity index is 1.59. The number of sulfonamides is 1. The molecule has 8 heteroatoms. The molecule has 0 fully saturated rings. The average Bonchev–Trinajstić information content (AvgIpc) is 2.85. The van der Waals surface area contributed by atoms with Gasteiger partial charge >= 0.3 is 0 Å². The number of thioether (sulfide) groups is 2. The first-order valence-corrected chi connectivity index (χ1v) is 15.2. The molecule has 0 saturated heterocycles. The predicted octanol–water partition coefficient (Wildman–Crippen LogP) is 5.66. The number of aryl methyl sites for hydroxylation is 2. The van der Waals surface area contributed by atoms with Crippen molar-refractivity contribution in [1.82, 2.24) is 5.32 Å². The molecule has 0 aliphatic rings. The number of nitrogens with one attached hydrogen (secondary N) is 1. The molecule has 35 heavy (non-hydrogen) atoms. The van der Waals surface area contributed by atoms with Crippen LogP contribution in [0.2, 0.25) is 0 Å². The second-order valence-corrected chi connectivity index (χ2v) is 12.1. The Bertz CT molecular complexity index is 1210. The molecule has 1 N–H and O–H groups in total. The number of hydrogen-bond acceptors (Lipinski definition) is 5. The maximum absolute atomic E-state index is 13.5. The first-order valence-electron chi connectivity index (χ1n) is 11.4. The summed E-state index contributed by atoms with van der Waals surface area (Å²) in [4.78, 5) is 13.9. The summed E-state index contributed by atoms with van der Waals surface area (Å²) in [7, 11) is -3.90. The number of carbonyl (C=O) groups excluding carboxylic acids is 1. The maximum Gasteiger partial charge on any atom is 0.264 e. The fourth-order valence-corrected chi connectivity index (χ4v) is 6.22. The second kappa shape index (κ2) is 13.0. The molecule has 0 atom stereocenters. The van der Waals surface area contributed by atoms with Gasteiger partial charge in [0, 0.05) is 17.2 Å². The van der Waals surface area contributed by atoms with Crippen molar-refractivity contribution in [1.29, 1.82) is 0 Å². The van der Waals surface area contributed by atoms with Crippen molar-refractivity contribution in [2.75, 3.05) is 29.4 Å². The molecule has 0 radical (unpaired) electrons. The summed E-state index contributed by atoms with van der Waals surface area (Å²) in [5.41, 5.74) is 4.03. The number of nitrogens with zero attached hydrogens (tertiary/aromatic N) is 1. The number of carbonyl (C=O) groups is 1. The van der Waals surface area contributed by atoms with Crippen LogP contribution in [0.3, 0.4) is 0 Å². The van der Waals surface area contributed by atoms with Gasteiger partial charge < -0.3 is 5.32 Å². The largest absolute Gasteiger partial charge is 0.354 e. The maximum atomic E-state index is 13.5. The van der Waals surface area contributed by atoms with Crippen molar-refractivity contribution in [3.63, 3.8) is 0 Å². The molecule has 1 amide bonds. The van der Waals surface area contributed by atoms with Gasteiger partial charge in [-0.15, -0.1) is 11.8 Å². The molecule has 3 rings (SSSR count). The highest BCUT2D eigenvalue weighted by Crippen LogP contribution is 2.25. The number of benzene rings is 3. The molecule has 3 aromatic rings. The molecular formula is C27H32N2O3S3. The number of hydrogen-bond donors (Lipinski definition) is 1. The minimum absolute atomic E-state index is 0.163. The Morgan fingerprint density at radius 3 is 2.31 bits per heavy atom. The van der Waals surface area contributed by atoms with Crippen LogP contribution in [0.4, 0.5) is 5.69 Å². The van der Waals surface area contributed by atoms with E-state index in [1.54, 1.807) is 48.2 Å². The summed E-state index contributed by atoms with van der Waals surface area (Å²) in [5, 5.41) is 2.88. The Hall–Kier alpha value is -2.42.